The van der Waals surface area contributed by atoms with Gasteiger partial charge in [0.2, 0.25) is 0 Å². The number of aromatic nitrogens is 1. The lowest BCUT2D eigenvalue weighted by Crippen LogP contribution is -2.50. The Labute approximate surface area is 109 Å². The van der Waals surface area contributed by atoms with Crippen molar-refractivity contribution in [3.05, 3.63) is 29.6 Å². The van der Waals surface area contributed by atoms with Gasteiger partial charge >= 0.3 is 0 Å². The first kappa shape index (κ1) is 12.1. The van der Waals surface area contributed by atoms with E-state index in [2.05, 4.69) is 23.3 Å². The molecule has 0 radical (unpaired) electrons. The molecule has 3 rings (SSSR count). The summed E-state index contributed by atoms with van der Waals surface area (Å²) in [4.78, 5) is 4.20. The molecule has 1 atom stereocenters. The van der Waals surface area contributed by atoms with Gasteiger partial charge in [0.1, 0.15) is 0 Å². The van der Waals surface area contributed by atoms with E-state index in [4.69, 9.17) is 4.74 Å². The number of ether oxygens (including phenoxy) is 1. The topological polar surface area (TPSA) is 34.2 Å². The van der Waals surface area contributed by atoms with Gasteiger partial charge in [-0.25, -0.2) is 0 Å². The minimum Gasteiger partial charge on any atom is -0.375 e. The molecule has 0 amide bonds. The van der Waals surface area contributed by atoms with Crippen molar-refractivity contribution in [2.75, 3.05) is 6.61 Å². The number of nitrogens with zero attached hydrogens (tertiary/aromatic N) is 1. The van der Waals surface area contributed by atoms with Crippen LogP contribution in [0.4, 0.5) is 0 Å². The van der Waals surface area contributed by atoms with E-state index in [1.54, 1.807) is 0 Å². The average Bonchev–Trinajstić information content (AvgIpc) is 2.36. The third-order valence-corrected chi connectivity index (χ3v) is 4.49. The Morgan fingerprint density at radius 3 is 3.11 bits per heavy atom. The van der Waals surface area contributed by atoms with Crippen molar-refractivity contribution >= 4 is 0 Å². The highest BCUT2D eigenvalue weighted by Crippen LogP contribution is 2.42. The van der Waals surface area contributed by atoms with E-state index in [1.165, 1.54) is 36.8 Å². The summed E-state index contributed by atoms with van der Waals surface area (Å²) in [5.41, 5.74) is 2.87. The molecule has 2 aliphatic rings. The van der Waals surface area contributed by atoms with Crippen LogP contribution < -0.4 is 5.32 Å². The predicted octanol–water partition coefficient (Wildman–Crippen LogP) is 2.58. The van der Waals surface area contributed by atoms with E-state index in [9.17, 15) is 0 Å². The number of nitrogens with one attached hydrogen (secondary N) is 1. The third kappa shape index (κ3) is 2.43. The summed E-state index contributed by atoms with van der Waals surface area (Å²) in [5.74, 6) is 0. The van der Waals surface area contributed by atoms with E-state index >= 15 is 0 Å². The molecule has 2 heterocycles. The molecule has 2 fully saturated rings. The van der Waals surface area contributed by atoms with Crippen molar-refractivity contribution in [1.29, 1.82) is 0 Å². The lowest BCUT2D eigenvalue weighted by atomic mass is 9.74. The second-order valence-electron chi connectivity index (χ2n) is 5.76. The summed E-state index contributed by atoms with van der Waals surface area (Å²) in [6.07, 6.45) is 10.0. The summed E-state index contributed by atoms with van der Waals surface area (Å²) < 4.78 is 5.96. The maximum Gasteiger partial charge on any atom is 0.0697 e. The summed E-state index contributed by atoms with van der Waals surface area (Å²) in [5, 5.41) is 3.68. The first-order chi connectivity index (χ1) is 8.77. The zero-order chi connectivity index (χ0) is 12.4. The van der Waals surface area contributed by atoms with Crippen LogP contribution in [0, 0.1) is 6.92 Å². The lowest BCUT2D eigenvalue weighted by Gasteiger charge is -2.47. The SMILES string of the molecule is Cc1ccncc1CNC1CCOC2(CCC2)C1. The fourth-order valence-corrected chi connectivity index (χ4v) is 3.06. The van der Waals surface area contributed by atoms with E-state index in [-0.39, 0.29) is 5.60 Å². The Kier molecular flexibility index (Phi) is 3.35. The van der Waals surface area contributed by atoms with Crippen molar-refractivity contribution < 1.29 is 4.74 Å². The van der Waals surface area contributed by atoms with E-state index in [0.29, 0.717) is 6.04 Å². The highest BCUT2D eigenvalue weighted by molar-refractivity contribution is 5.21. The van der Waals surface area contributed by atoms with Crippen molar-refractivity contribution in [2.45, 2.75) is 57.2 Å². The minimum atomic E-state index is 0.236. The standard InChI is InChI=1S/C15H22N2O/c1-12-3-7-16-10-13(12)11-17-14-4-8-18-15(9-14)5-2-6-15/h3,7,10,14,17H,2,4-6,8-9,11H2,1H3. The molecule has 0 aromatic carbocycles. The second-order valence-corrected chi connectivity index (χ2v) is 5.76. The predicted molar refractivity (Wildman–Crippen MR) is 71.4 cm³/mol. The molecular formula is C15H22N2O. The van der Waals surface area contributed by atoms with Crippen molar-refractivity contribution in [3.63, 3.8) is 0 Å². The maximum atomic E-state index is 5.96. The smallest absolute Gasteiger partial charge is 0.0697 e. The van der Waals surface area contributed by atoms with Gasteiger partial charge in [-0.15, -0.1) is 0 Å². The first-order valence-corrected chi connectivity index (χ1v) is 7.04. The van der Waals surface area contributed by atoms with E-state index in [1.807, 2.05) is 12.4 Å². The molecule has 1 unspecified atom stereocenters. The molecule has 1 aromatic heterocycles. The third-order valence-electron chi connectivity index (χ3n) is 4.49. The van der Waals surface area contributed by atoms with E-state index in [0.717, 1.165) is 19.6 Å². The molecule has 1 aliphatic carbocycles. The molecule has 1 aliphatic heterocycles. The van der Waals surface area contributed by atoms with Crippen molar-refractivity contribution in [3.8, 4) is 0 Å². The molecule has 98 valence electrons. The molecule has 1 saturated carbocycles. The molecule has 1 spiro atoms. The van der Waals surface area contributed by atoms with Crippen LogP contribution in [0.25, 0.3) is 0 Å². The molecular weight excluding hydrogens is 224 g/mol. The highest BCUT2D eigenvalue weighted by Gasteiger charge is 2.42. The maximum absolute atomic E-state index is 5.96. The number of aryl methyl sites for hydroxylation is 1. The van der Waals surface area contributed by atoms with Gasteiger partial charge in [-0.1, -0.05) is 0 Å². The molecule has 3 heteroatoms. The first-order valence-electron chi connectivity index (χ1n) is 7.04. The van der Waals surface area contributed by atoms with Gasteiger partial charge in [0.05, 0.1) is 5.60 Å². The number of hydrogen-bond donors (Lipinski definition) is 1. The Hall–Kier alpha value is -0.930. The van der Waals surface area contributed by atoms with Crippen LogP contribution in [0.2, 0.25) is 0 Å². The lowest BCUT2D eigenvalue weighted by molar-refractivity contribution is -0.135. The summed E-state index contributed by atoms with van der Waals surface area (Å²) >= 11 is 0. The number of hydrogen-bond acceptors (Lipinski definition) is 3. The fourth-order valence-electron chi connectivity index (χ4n) is 3.06. The molecule has 1 N–H and O–H groups in total. The Balaban J connectivity index is 1.55. The van der Waals surface area contributed by atoms with Gasteiger partial charge in [0.25, 0.3) is 0 Å². The van der Waals surface area contributed by atoms with Gasteiger partial charge in [-0.05, 0) is 56.2 Å². The highest BCUT2D eigenvalue weighted by atomic mass is 16.5. The normalized spacial score (nSPS) is 25.9. The molecule has 0 bridgehead atoms. The summed E-state index contributed by atoms with van der Waals surface area (Å²) in [6.45, 7) is 4.00. The van der Waals surface area contributed by atoms with Gasteiger partial charge in [0.15, 0.2) is 0 Å². The minimum absolute atomic E-state index is 0.236. The van der Waals surface area contributed by atoms with Crippen LogP contribution in [0.1, 0.15) is 43.2 Å². The van der Waals surface area contributed by atoms with Crippen molar-refractivity contribution in [2.24, 2.45) is 0 Å². The average molecular weight is 246 g/mol. The summed E-state index contributed by atoms with van der Waals surface area (Å²) in [7, 11) is 0. The van der Waals surface area contributed by atoms with E-state index < -0.39 is 0 Å². The Morgan fingerprint density at radius 1 is 1.50 bits per heavy atom. The van der Waals surface area contributed by atoms with Crippen molar-refractivity contribution in [1.82, 2.24) is 10.3 Å². The van der Waals surface area contributed by atoms with Crippen LogP contribution in [0.3, 0.4) is 0 Å². The monoisotopic (exact) mass is 246 g/mol. The van der Waals surface area contributed by atoms with Crippen LogP contribution in [-0.4, -0.2) is 23.2 Å². The van der Waals surface area contributed by atoms with Crippen LogP contribution in [-0.2, 0) is 11.3 Å². The van der Waals surface area contributed by atoms with Crippen LogP contribution in [0.5, 0.6) is 0 Å². The molecule has 1 aromatic rings. The quantitative estimate of drug-likeness (QED) is 0.890. The molecule has 18 heavy (non-hydrogen) atoms. The number of pyridine rings is 1. The largest absolute Gasteiger partial charge is 0.375 e. The second kappa shape index (κ2) is 4.98. The Morgan fingerprint density at radius 2 is 2.39 bits per heavy atom. The van der Waals surface area contributed by atoms with Gasteiger partial charge in [-0.2, -0.15) is 0 Å². The van der Waals surface area contributed by atoms with Gasteiger partial charge in [-0.3, -0.25) is 4.98 Å². The zero-order valence-electron chi connectivity index (χ0n) is 11.1. The number of rotatable bonds is 3. The van der Waals surface area contributed by atoms with Crippen LogP contribution >= 0.6 is 0 Å². The zero-order valence-corrected chi connectivity index (χ0v) is 11.1. The molecule has 1 saturated heterocycles. The van der Waals surface area contributed by atoms with Gasteiger partial charge in [0, 0.05) is 31.6 Å². The fraction of sp³-hybridized carbons (Fsp3) is 0.667. The summed E-state index contributed by atoms with van der Waals surface area (Å²) in [6, 6.07) is 2.69. The molecule has 3 nitrogen and oxygen atoms in total. The van der Waals surface area contributed by atoms with Crippen LogP contribution in [0.15, 0.2) is 18.5 Å². The van der Waals surface area contributed by atoms with Gasteiger partial charge < -0.3 is 10.1 Å². The Bertz CT molecular complexity index is 415.